The van der Waals surface area contributed by atoms with Crippen LogP contribution in [-0.2, 0) is 9.59 Å². The quantitative estimate of drug-likeness (QED) is 0.424. The Morgan fingerprint density at radius 2 is 1.70 bits per heavy atom. The number of ketones is 1. The number of hydrogen-bond donors (Lipinski definition) is 2. The predicted molar refractivity (Wildman–Crippen MR) is 126 cm³/mol. The molecule has 6 heteroatoms. The van der Waals surface area contributed by atoms with E-state index in [1.165, 1.54) is 18.2 Å². The molecule has 1 atom stereocenters. The lowest BCUT2D eigenvalue weighted by molar-refractivity contribution is -0.140. The molecule has 2 N–H and O–H groups in total. The lowest BCUT2D eigenvalue weighted by Gasteiger charge is -2.17. The van der Waals surface area contributed by atoms with E-state index in [-0.39, 0.29) is 18.2 Å². The fourth-order valence-electron chi connectivity index (χ4n) is 3.56. The van der Waals surface area contributed by atoms with Crippen molar-refractivity contribution in [2.45, 2.75) is 38.7 Å². The third-order valence-electron chi connectivity index (χ3n) is 5.17. The molecular formula is C27H26FNO4. The molecule has 0 saturated carbocycles. The number of carboxylic acids is 1. The summed E-state index contributed by atoms with van der Waals surface area (Å²) in [6.07, 6.45) is 1.12. The molecule has 0 amide bonds. The van der Waals surface area contributed by atoms with E-state index in [9.17, 15) is 19.1 Å². The highest BCUT2D eigenvalue weighted by atomic mass is 19.1. The SMILES string of the molecule is CC(C)c1cc(-c2ccccc2)nc(-c2ccc(F)cc2)c1/C=C/C(O)CC(=O)CC(=O)O. The summed E-state index contributed by atoms with van der Waals surface area (Å²) in [5.74, 6) is -2.02. The number of nitrogens with zero attached hydrogens (tertiary/aromatic N) is 1. The zero-order valence-corrected chi connectivity index (χ0v) is 18.5. The van der Waals surface area contributed by atoms with Crippen molar-refractivity contribution in [1.82, 2.24) is 4.98 Å². The van der Waals surface area contributed by atoms with E-state index >= 15 is 0 Å². The lowest BCUT2D eigenvalue weighted by atomic mass is 9.91. The van der Waals surface area contributed by atoms with Crippen LogP contribution >= 0.6 is 0 Å². The van der Waals surface area contributed by atoms with Gasteiger partial charge in [0.1, 0.15) is 18.0 Å². The van der Waals surface area contributed by atoms with E-state index in [0.717, 1.165) is 22.4 Å². The summed E-state index contributed by atoms with van der Waals surface area (Å²) in [7, 11) is 0. The van der Waals surface area contributed by atoms with Crippen LogP contribution in [-0.4, -0.2) is 33.1 Å². The largest absolute Gasteiger partial charge is 0.481 e. The Balaban J connectivity index is 2.09. The summed E-state index contributed by atoms with van der Waals surface area (Å²) in [6, 6.07) is 17.8. The fourth-order valence-corrected chi connectivity index (χ4v) is 3.56. The van der Waals surface area contributed by atoms with Crippen LogP contribution in [0.1, 0.15) is 43.7 Å². The minimum Gasteiger partial charge on any atom is -0.481 e. The molecule has 5 nitrogen and oxygen atoms in total. The average molecular weight is 448 g/mol. The number of aromatic nitrogens is 1. The number of rotatable bonds is 9. The first-order valence-corrected chi connectivity index (χ1v) is 10.7. The van der Waals surface area contributed by atoms with E-state index in [1.54, 1.807) is 18.2 Å². The number of aliphatic hydroxyl groups excluding tert-OH is 1. The van der Waals surface area contributed by atoms with Crippen molar-refractivity contribution in [3.8, 4) is 22.5 Å². The molecule has 0 bridgehead atoms. The van der Waals surface area contributed by atoms with Gasteiger partial charge in [-0.15, -0.1) is 0 Å². The first-order valence-electron chi connectivity index (χ1n) is 10.7. The second-order valence-electron chi connectivity index (χ2n) is 8.13. The minimum absolute atomic E-state index is 0.111. The number of aliphatic hydroxyl groups is 1. The van der Waals surface area contributed by atoms with E-state index in [4.69, 9.17) is 10.1 Å². The number of carbonyl (C=O) groups excluding carboxylic acids is 1. The Hall–Kier alpha value is -3.64. The maximum Gasteiger partial charge on any atom is 0.310 e. The second kappa shape index (κ2) is 10.8. The number of carboxylic acid groups (broad SMARTS) is 1. The van der Waals surface area contributed by atoms with E-state index in [2.05, 4.69) is 0 Å². The van der Waals surface area contributed by atoms with Crippen LogP contribution in [0.3, 0.4) is 0 Å². The molecule has 0 aliphatic carbocycles. The lowest BCUT2D eigenvalue weighted by Crippen LogP contribution is -2.14. The Morgan fingerprint density at radius 1 is 1.03 bits per heavy atom. The molecule has 1 unspecified atom stereocenters. The Morgan fingerprint density at radius 3 is 2.30 bits per heavy atom. The molecule has 1 aromatic heterocycles. The van der Waals surface area contributed by atoms with E-state index in [1.807, 2.05) is 50.2 Å². The van der Waals surface area contributed by atoms with Crippen LogP contribution in [0.25, 0.3) is 28.6 Å². The number of hydrogen-bond acceptors (Lipinski definition) is 4. The molecule has 0 fully saturated rings. The highest BCUT2D eigenvalue weighted by Gasteiger charge is 2.17. The standard InChI is InChI=1S/C27H26FNO4/c1-17(2)24-16-25(18-6-4-3-5-7-18)29-27(19-8-10-20(28)11-9-19)23(24)13-12-21(30)14-22(31)15-26(32)33/h3-13,16-17,21,30H,14-15H2,1-2H3,(H,32,33)/b13-12+. The predicted octanol–water partition coefficient (Wildman–Crippen LogP) is 5.49. The smallest absolute Gasteiger partial charge is 0.310 e. The minimum atomic E-state index is -1.22. The second-order valence-corrected chi connectivity index (χ2v) is 8.13. The van der Waals surface area contributed by atoms with Crippen LogP contribution in [0, 0.1) is 5.82 Å². The molecule has 0 aliphatic heterocycles. The number of benzene rings is 2. The number of halogens is 1. The summed E-state index contributed by atoms with van der Waals surface area (Å²) >= 11 is 0. The zero-order valence-electron chi connectivity index (χ0n) is 18.5. The van der Waals surface area contributed by atoms with Crippen LogP contribution < -0.4 is 0 Å². The molecule has 0 aliphatic rings. The van der Waals surface area contributed by atoms with Crippen molar-refractivity contribution in [2.75, 3.05) is 0 Å². The number of pyridine rings is 1. The van der Waals surface area contributed by atoms with Crippen molar-refractivity contribution in [3.63, 3.8) is 0 Å². The summed E-state index contributed by atoms with van der Waals surface area (Å²) in [5, 5.41) is 19.0. The van der Waals surface area contributed by atoms with Crippen LogP contribution in [0.2, 0.25) is 0 Å². The van der Waals surface area contributed by atoms with Gasteiger partial charge in [-0.25, -0.2) is 9.37 Å². The molecule has 0 spiro atoms. The van der Waals surface area contributed by atoms with Gasteiger partial charge >= 0.3 is 5.97 Å². The fraction of sp³-hybridized carbons (Fsp3) is 0.222. The molecule has 3 aromatic rings. The highest BCUT2D eigenvalue weighted by molar-refractivity contribution is 5.95. The van der Waals surface area contributed by atoms with Crippen molar-refractivity contribution in [2.24, 2.45) is 0 Å². The Bertz CT molecular complexity index is 1150. The van der Waals surface area contributed by atoms with Crippen molar-refractivity contribution in [3.05, 3.63) is 83.7 Å². The molecule has 0 saturated heterocycles. The normalized spacial score (nSPS) is 12.3. The zero-order chi connectivity index (χ0) is 24.0. The van der Waals surface area contributed by atoms with Gasteiger partial charge in [0, 0.05) is 23.1 Å². The van der Waals surface area contributed by atoms with Crippen molar-refractivity contribution < 1.29 is 24.2 Å². The van der Waals surface area contributed by atoms with Gasteiger partial charge < -0.3 is 10.2 Å². The van der Waals surface area contributed by atoms with E-state index < -0.39 is 24.3 Å². The summed E-state index contributed by atoms with van der Waals surface area (Å²) in [4.78, 5) is 27.3. The summed E-state index contributed by atoms with van der Waals surface area (Å²) in [6.45, 7) is 4.09. The van der Waals surface area contributed by atoms with Gasteiger partial charge in [-0.1, -0.05) is 56.3 Å². The van der Waals surface area contributed by atoms with Gasteiger partial charge in [-0.2, -0.15) is 0 Å². The summed E-state index contributed by atoms with van der Waals surface area (Å²) < 4.78 is 13.6. The maximum atomic E-state index is 13.6. The topological polar surface area (TPSA) is 87.5 Å². The van der Waals surface area contributed by atoms with Crippen LogP contribution in [0.4, 0.5) is 4.39 Å². The number of carbonyl (C=O) groups is 2. The van der Waals surface area contributed by atoms with Crippen molar-refractivity contribution >= 4 is 17.8 Å². The van der Waals surface area contributed by atoms with Gasteiger partial charge in [0.2, 0.25) is 0 Å². The third kappa shape index (κ3) is 6.43. The molecule has 2 aromatic carbocycles. The maximum absolute atomic E-state index is 13.6. The monoisotopic (exact) mass is 447 g/mol. The van der Waals surface area contributed by atoms with Crippen molar-refractivity contribution in [1.29, 1.82) is 0 Å². The average Bonchev–Trinajstić information content (AvgIpc) is 2.77. The van der Waals surface area contributed by atoms with E-state index in [0.29, 0.717) is 11.3 Å². The van der Waals surface area contributed by atoms with Gasteiger partial charge in [-0.05, 0) is 41.8 Å². The third-order valence-corrected chi connectivity index (χ3v) is 5.17. The van der Waals surface area contributed by atoms with Gasteiger partial charge in [0.15, 0.2) is 0 Å². The molecule has 170 valence electrons. The number of Topliss-reactive ketones (excluding diaryl/α,β-unsaturated/α-hetero) is 1. The Kier molecular flexibility index (Phi) is 7.85. The first kappa shape index (κ1) is 24.0. The molecule has 0 radical (unpaired) electrons. The van der Waals surface area contributed by atoms with Gasteiger partial charge in [0.05, 0.1) is 17.5 Å². The molecule has 3 rings (SSSR count). The number of aliphatic carboxylic acids is 1. The molecular weight excluding hydrogens is 421 g/mol. The molecule has 33 heavy (non-hydrogen) atoms. The highest BCUT2D eigenvalue weighted by Crippen LogP contribution is 2.34. The molecule has 1 heterocycles. The van der Waals surface area contributed by atoms with Crippen LogP contribution in [0.5, 0.6) is 0 Å². The van der Waals surface area contributed by atoms with Crippen LogP contribution in [0.15, 0.2) is 66.7 Å². The summed E-state index contributed by atoms with van der Waals surface area (Å²) in [5.41, 5.74) is 4.78. The first-order chi connectivity index (χ1) is 15.7. The van der Waals surface area contributed by atoms with Gasteiger partial charge in [-0.3, -0.25) is 9.59 Å². The Labute approximate surface area is 192 Å². The van der Waals surface area contributed by atoms with Gasteiger partial charge in [0.25, 0.3) is 0 Å².